The standard InChI is InChI=1S/C22H25ClN4O5/c1-4-14(2)25-21(29)22(30)27-24-12-15-8-9-18(19(10-15)31-3)32-13-20(28)26-17-7-5-6-16(23)11-17/h5-12,14H,4,13H2,1-3H3,(H,25,29)(H,26,28)(H,27,30)/b24-12-/t14-/m0/s1. The third-order valence-electron chi connectivity index (χ3n) is 4.23. The fourth-order valence-electron chi connectivity index (χ4n) is 2.40. The smallest absolute Gasteiger partial charge is 0.329 e. The van der Waals surface area contributed by atoms with Crippen molar-refractivity contribution in [2.75, 3.05) is 19.0 Å². The quantitative estimate of drug-likeness (QED) is 0.302. The molecule has 0 radical (unpaired) electrons. The van der Waals surface area contributed by atoms with Crippen LogP contribution in [-0.4, -0.2) is 43.7 Å². The summed E-state index contributed by atoms with van der Waals surface area (Å²) in [5.41, 5.74) is 3.31. The summed E-state index contributed by atoms with van der Waals surface area (Å²) in [6, 6.07) is 11.5. The molecule has 2 rings (SSSR count). The monoisotopic (exact) mass is 460 g/mol. The number of ether oxygens (including phenoxy) is 2. The zero-order valence-corrected chi connectivity index (χ0v) is 18.7. The van der Waals surface area contributed by atoms with Gasteiger partial charge in [-0.1, -0.05) is 24.6 Å². The molecule has 2 aromatic rings. The third-order valence-corrected chi connectivity index (χ3v) is 4.47. The van der Waals surface area contributed by atoms with E-state index in [1.54, 1.807) is 49.4 Å². The van der Waals surface area contributed by atoms with Gasteiger partial charge in [-0.25, -0.2) is 5.43 Å². The Morgan fingerprint density at radius 2 is 1.91 bits per heavy atom. The van der Waals surface area contributed by atoms with Crippen LogP contribution in [-0.2, 0) is 14.4 Å². The van der Waals surface area contributed by atoms with Crippen molar-refractivity contribution in [3.05, 3.63) is 53.1 Å². The maximum Gasteiger partial charge on any atom is 0.329 e. The summed E-state index contributed by atoms with van der Waals surface area (Å²) in [6.07, 6.45) is 2.06. The Morgan fingerprint density at radius 3 is 2.59 bits per heavy atom. The van der Waals surface area contributed by atoms with Gasteiger partial charge in [-0.05, 0) is 55.3 Å². The lowest BCUT2D eigenvalue weighted by Crippen LogP contribution is -2.41. The Balaban J connectivity index is 1.91. The van der Waals surface area contributed by atoms with Crippen LogP contribution >= 0.6 is 11.6 Å². The van der Waals surface area contributed by atoms with Gasteiger partial charge in [0.25, 0.3) is 5.91 Å². The summed E-state index contributed by atoms with van der Waals surface area (Å²) in [4.78, 5) is 35.5. The van der Waals surface area contributed by atoms with Gasteiger partial charge in [0.15, 0.2) is 18.1 Å². The van der Waals surface area contributed by atoms with Crippen molar-refractivity contribution in [2.45, 2.75) is 26.3 Å². The number of carbonyl (C=O) groups excluding carboxylic acids is 3. The Kier molecular flexibility index (Phi) is 9.49. The molecule has 1 atom stereocenters. The highest BCUT2D eigenvalue weighted by Gasteiger charge is 2.14. The number of hydrogen-bond acceptors (Lipinski definition) is 6. The first-order valence-electron chi connectivity index (χ1n) is 9.82. The minimum atomic E-state index is -0.862. The molecule has 3 N–H and O–H groups in total. The zero-order valence-electron chi connectivity index (χ0n) is 18.0. The Bertz CT molecular complexity index is 996. The van der Waals surface area contributed by atoms with E-state index in [2.05, 4.69) is 21.2 Å². The second-order valence-electron chi connectivity index (χ2n) is 6.74. The molecule has 9 nitrogen and oxygen atoms in total. The molecule has 0 aliphatic rings. The van der Waals surface area contributed by atoms with Crippen LogP contribution in [0, 0.1) is 0 Å². The van der Waals surface area contributed by atoms with E-state index in [0.717, 1.165) is 0 Å². The first-order valence-corrected chi connectivity index (χ1v) is 10.2. The molecule has 0 saturated heterocycles. The summed E-state index contributed by atoms with van der Waals surface area (Å²) in [5.74, 6) is -1.26. The van der Waals surface area contributed by atoms with Gasteiger partial charge >= 0.3 is 11.8 Å². The Labute approximate surface area is 191 Å². The Morgan fingerprint density at radius 1 is 1.12 bits per heavy atom. The highest BCUT2D eigenvalue weighted by Crippen LogP contribution is 2.27. The average Bonchev–Trinajstić information content (AvgIpc) is 2.77. The molecule has 10 heteroatoms. The van der Waals surface area contributed by atoms with Crippen molar-refractivity contribution in [1.82, 2.24) is 10.7 Å². The number of methoxy groups -OCH3 is 1. The molecule has 2 aromatic carbocycles. The number of nitrogens with one attached hydrogen (secondary N) is 3. The van der Waals surface area contributed by atoms with Crippen molar-refractivity contribution in [3.8, 4) is 11.5 Å². The van der Waals surface area contributed by atoms with Crippen molar-refractivity contribution in [3.63, 3.8) is 0 Å². The molecule has 0 aliphatic heterocycles. The fraction of sp³-hybridized carbons (Fsp3) is 0.273. The van der Waals surface area contributed by atoms with Gasteiger partial charge in [-0.3, -0.25) is 14.4 Å². The lowest BCUT2D eigenvalue weighted by molar-refractivity contribution is -0.139. The molecule has 170 valence electrons. The number of anilines is 1. The fourth-order valence-corrected chi connectivity index (χ4v) is 2.59. The van der Waals surface area contributed by atoms with Crippen molar-refractivity contribution >= 4 is 41.2 Å². The van der Waals surface area contributed by atoms with E-state index in [1.807, 2.05) is 6.92 Å². The lowest BCUT2D eigenvalue weighted by Gasteiger charge is -2.11. The van der Waals surface area contributed by atoms with E-state index >= 15 is 0 Å². The van der Waals surface area contributed by atoms with Crippen LogP contribution in [0.25, 0.3) is 0 Å². The van der Waals surface area contributed by atoms with Gasteiger partial charge in [-0.15, -0.1) is 0 Å². The van der Waals surface area contributed by atoms with E-state index in [9.17, 15) is 14.4 Å². The molecule has 0 spiro atoms. The predicted molar refractivity (Wildman–Crippen MR) is 122 cm³/mol. The number of hydrogen-bond donors (Lipinski definition) is 3. The maximum absolute atomic E-state index is 12.1. The number of amides is 3. The largest absolute Gasteiger partial charge is 0.493 e. The number of hydrazone groups is 1. The van der Waals surface area contributed by atoms with E-state index in [-0.39, 0.29) is 18.6 Å². The summed E-state index contributed by atoms with van der Waals surface area (Å²) in [7, 11) is 1.45. The van der Waals surface area contributed by atoms with Crippen LogP contribution in [0.1, 0.15) is 25.8 Å². The SMILES string of the molecule is CC[C@H](C)NC(=O)C(=O)N/N=C\c1ccc(OCC(=O)Nc2cccc(Cl)c2)c(OC)c1. The van der Waals surface area contributed by atoms with E-state index in [0.29, 0.717) is 34.2 Å². The van der Waals surface area contributed by atoms with Crippen LogP contribution < -0.4 is 25.5 Å². The number of nitrogens with zero attached hydrogens (tertiary/aromatic N) is 1. The number of rotatable bonds is 9. The second-order valence-corrected chi connectivity index (χ2v) is 7.18. The van der Waals surface area contributed by atoms with Crippen LogP contribution in [0.15, 0.2) is 47.6 Å². The molecule has 0 saturated carbocycles. The number of carbonyl (C=O) groups is 3. The molecule has 0 unspecified atom stereocenters. The molecule has 0 heterocycles. The lowest BCUT2D eigenvalue weighted by atomic mass is 10.2. The van der Waals surface area contributed by atoms with Crippen LogP contribution in [0.4, 0.5) is 5.69 Å². The molecule has 3 amide bonds. The van der Waals surface area contributed by atoms with E-state index in [1.165, 1.54) is 13.3 Å². The third kappa shape index (κ3) is 7.92. The normalized spacial score (nSPS) is 11.5. The van der Waals surface area contributed by atoms with Gasteiger partial charge in [0.2, 0.25) is 0 Å². The van der Waals surface area contributed by atoms with Crippen molar-refractivity contribution in [2.24, 2.45) is 5.10 Å². The van der Waals surface area contributed by atoms with Gasteiger partial charge in [0, 0.05) is 16.8 Å². The number of benzene rings is 2. The summed E-state index contributed by atoms with van der Waals surface area (Å²) in [5, 5.41) is 9.51. The first-order chi connectivity index (χ1) is 15.3. The molecule has 0 aliphatic carbocycles. The molecular formula is C22H25ClN4O5. The minimum absolute atomic E-state index is 0.110. The van der Waals surface area contributed by atoms with Gasteiger partial charge in [0.05, 0.1) is 13.3 Å². The zero-order chi connectivity index (χ0) is 23.5. The molecule has 0 bridgehead atoms. The molecule has 0 aromatic heterocycles. The predicted octanol–water partition coefficient (Wildman–Crippen LogP) is 2.73. The molecule has 0 fully saturated rings. The summed E-state index contributed by atoms with van der Waals surface area (Å²) < 4.78 is 10.8. The second kappa shape index (κ2) is 12.3. The topological polar surface area (TPSA) is 118 Å². The van der Waals surface area contributed by atoms with Crippen LogP contribution in [0.3, 0.4) is 0 Å². The van der Waals surface area contributed by atoms with Crippen LogP contribution in [0.2, 0.25) is 5.02 Å². The molecule has 32 heavy (non-hydrogen) atoms. The van der Waals surface area contributed by atoms with Gasteiger partial charge in [-0.2, -0.15) is 5.10 Å². The minimum Gasteiger partial charge on any atom is -0.493 e. The summed E-state index contributed by atoms with van der Waals surface area (Å²) in [6.45, 7) is 3.45. The van der Waals surface area contributed by atoms with Crippen molar-refractivity contribution in [1.29, 1.82) is 0 Å². The van der Waals surface area contributed by atoms with Gasteiger partial charge < -0.3 is 20.1 Å². The van der Waals surface area contributed by atoms with E-state index < -0.39 is 11.8 Å². The highest BCUT2D eigenvalue weighted by molar-refractivity contribution is 6.35. The maximum atomic E-state index is 12.1. The van der Waals surface area contributed by atoms with E-state index in [4.69, 9.17) is 21.1 Å². The first kappa shape index (κ1) is 24.7. The average molecular weight is 461 g/mol. The van der Waals surface area contributed by atoms with Gasteiger partial charge in [0.1, 0.15) is 0 Å². The Hall–Kier alpha value is -3.59. The van der Waals surface area contributed by atoms with Crippen LogP contribution in [0.5, 0.6) is 11.5 Å². The highest BCUT2D eigenvalue weighted by atomic mass is 35.5. The summed E-state index contributed by atoms with van der Waals surface area (Å²) >= 11 is 5.90. The van der Waals surface area contributed by atoms with Crippen molar-refractivity contribution < 1.29 is 23.9 Å². The molecular weight excluding hydrogens is 436 g/mol. The number of halogens is 1.